The molecule has 4 saturated carbocycles. The summed E-state index contributed by atoms with van der Waals surface area (Å²) in [4.78, 5) is 12.3. The monoisotopic (exact) mass is 376 g/mol. The molecule has 0 spiro atoms. The maximum atomic E-state index is 12.3. The molecule has 154 valence electrons. The fraction of sp³-hybridized carbons (Fsp3) is 0.958. The molecule has 0 aromatic carbocycles. The van der Waals surface area contributed by atoms with E-state index in [1.165, 1.54) is 6.42 Å². The van der Waals surface area contributed by atoms with Gasteiger partial charge in [-0.3, -0.25) is 4.79 Å². The number of carbonyl (C=O) groups is 1. The first-order chi connectivity index (χ1) is 12.4. The highest BCUT2D eigenvalue weighted by Crippen LogP contribution is 2.75. The first kappa shape index (κ1) is 19.9. The Morgan fingerprint density at radius 3 is 2.11 bits per heavy atom. The van der Waals surface area contributed by atoms with Crippen molar-refractivity contribution in [1.82, 2.24) is 0 Å². The molecule has 0 aromatic heterocycles. The van der Waals surface area contributed by atoms with Crippen LogP contribution in [0.2, 0.25) is 0 Å². The minimum Gasteiger partial charge on any atom is -0.393 e. The lowest BCUT2D eigenvalue weighted by atomic mass is 9.35. The molecule has 4 aliphatic rings. The van der Waals surface area contributed by atoms with Crippen molar-refractivity contribution in [1.29, 1.82) is 0 Å². The molecule has 0 heterocycles. The largest absolute Gasteiger partial charge is 0.393 e. The van der Waals surface area contributed by atoms with Crippen molar-refractivity contribution >= 4 is 5.78 Å². The maximum absolute atomic E-state index is 12.3. The zero-order valence-corrected chi connectivity index (χ0v) is 18.2. The SMILES string of the molecule is CC(=O)C1CCC2(C)C1C(O)CC1C3(C)CCC(O)C(C)(C)C3CCC12C. The number of hydrogen-bond donors (Lipinski definition) is 2. The fourth-order valence-electron chi connectivity index (χ4n) is 9.20. The molecule has 3 heteroatoms. The summed E-state index contributed by atoms with van der Waals surface area (Å²) in [7, 11) is 0. The number of ketones is 1. The maximum Gasteiger partial charge on any atom is 0.133 e. The second-order valence-corrected chi connectivity index (χ2v) is 11.9. The third-order valence-electron chi connectivity index (χ3n) is 10.9. The van der Waals surface area contributed by atoms with Gasteiger partial charge in [0.2, 0.25) is 0 Å². The van der Waals surface area contributed by atoms with Crippen LogP contribution in [0.3, 0.4) is 0 Å². The van der Waals surface area contributed by atoms with Gasteiger partial charge in [-0.2, -0.15) is 0 Å². The van der Waals surface area contributed by atoms with Gasteiger partial charge in [0.1, 0.15) is 5.78 Å². The van der Waals surface area contributed by atoms with Crippen molar-refractivity contribution in [3.05, 3.63) is 0 Å². The predicted octanol–water partition coefficient (Wildman–Crippen LogP) is 4.59. The molecular weight excluding hydrogens is 336 g/mol. The number of aliphatic hydroxyl groups is 2. The number of fused-ring (bicyclic) bond motifs is 5. The van der Waals surface area contributed by atoms with E-state index in [2.05, 4.69) is 34.6 Å². The Morgan fingerprint density at radius 2 is 1.48 bits per heavy atom. The smallest absolute Gasteiger partial charge is 0.133 e. The standard InChI is InChI=1S/C24H40O3/c1-14(25)15-7-11-24(6)20(15)16(26)13-18-22(4)10-9-19(27)21(2,3)17(22)8-12-23(18,24)5/h15-20,26-27H,7-13H2,1-6H3. The van der Waals surface area contributed by atoms with E-state index < -0.39 is 0 Å². The summed E-state index contributed by atoms with van der Waals surface area (Å²) >= 11 is 0. The minimum atomic E-state index is -0.366. The molecule has 27 heavy (non-hydrogen) atoms. The lowest BCUT2D eigenvalue weighted by Crippen LogP contribution is -2.66. The van der Waals surface area contributed by atoms with E-state index in [1.807, 2.05) is 0 Å². The van der Waals surface area contributed by atoms with Gasteiger partial charge in [0, 0.05) is 11.8 Å². The molecule has 4 aliphatic carbocycles. The molecule has 9 unspecified atom stereocenters. The zero-order chi connectivity index (χ0) is 20.0. The van der Waals surface area contributed by atoms with Crippen molar-refractivity contribution in [3.63, 3.8) is 0 Å². The molecule has 9 atom stereocenters. The van der Waals surface area contributed by atoms with Gasteiger partial charge < -0.3 is 10.2 Å². The summed E-state index contributed by atoms with van der Waals surface area (Å²) in [5.74, 6) is 1.41. The first-order valence-corrected chi connectivity index (χ1v) is 11.3. The summed E-state index contributed by atoms with van der Waals surface area (Å²) in [6.45, 7) is 13.6. The van der Waals surface area contributed by atoms with Crippen molar-refractivity contribution in [3.8, 4) is 0 Å². The van der Waals surface area contributed by atoms with Crippen LogP contribution in [0.15, 0.2) is 0 Å². The third-order valence-corrected chi connectivity index (χ3v) is 10.9. The van der Waals surface area contributed by atoms with Crippen LogP contribution in [0.4, 0.5) is 0 Å². The molecule has 4 fully saturated rings. The third kappa shape index (κ3) is 2.31. The van der Waals surface area contributed by atoms with Gasteiger partial charge in [-0.05, 0) is 85.4 Å². The zero-order valence-electron chi connectivity index (χ0n) is 18.2. The number of carbonyl (C=O) groups excluding carboxylic acids is 1. The minimum absolute atomic E-state index is 0.0397. The van der Waals surface area contributed by atoms with E-state index in [0.29, 0.717) is 11.8 Å². The Morgan fingerprint density at radius 1 is 0.852 bits per heavy atom. The normalized spacial score (nSPS) is 56.7. The van der Waals surface area contributed by atoms with Crippen LogP contribution in [0.5, 0.6) is 0 Å². The lowest BCUT2D eigenvalue weighted by Gasteiger charge is -2.70. The van der Waals surface area contributed by atoms with Crippen LogP contribution in [0, 0.1) is 45.3 Å². The Bertz CT molecular complexity index is 642. The molecule has 3 nitrogen and oxygen atoms in total. The van der Waals surface area contributed by atoms with E-state index in [4.69, 9.17) is 0 Å². The molecule has 4 rings (SSSR count). The van der Waals surface area contributed by atoms with Crippen molar-refractivity contribution in [2.45, 2.75) is 98.7 Å². The van der Waals surface area contributed by atoms with E-state index >= 15 is 0 Å². The van der Waals surface area contributed by atoms with Gasteiger partial charge in [0.25, 0.3) is 0 Å². The Balaban J connectivity index is 1.77. The van der Waals surface area contributed by atoms with Crippen molar-refractivity contribution < 1.29 is 15.0 Å². The van der Waals surface area contributed by atoms with E-state index in [0.717, 1.165) is 38.5 Å². The van der Waals surface area contributed by atoms with Crippen LogP contribution in [-0.4, -0.2) is 28.2 Å². The highest BCUT2D eigenvalue weighted by molar-refractivity contribution is 5.79. The van der Waals surface area contributed by atoms with Crippen LogP contribution in [0.1, 0.15) is 86.5 Å². The van der Waals surface area contributed by atoms with Crippen LogP contribution in [-0.2, 0) is 4.79 Å². The number of rotatable bonds is 1. The van der Waals surface area contributed by atoms with E-state index in [-0.39, 0.29) is 51.5 Å². The van der Waals surface area contributed by atoms with Gasteiger partial charge in [-0.25, -0.2) is 0 Å². The molecule has 2 N–H and O–H groups in total. The van der Waals surface area contributed by atoms with Gasteiger partial charge in [-0.15, -0.1) is 0 Å². The second-order valence-electron chi connectivity index (χ2n) is 11.9. The Hall–Kier alpha value is -0.410. The number of Topliss-reactive ketones (excluding diaryl/α,β-unsaturated/α-hetero) is 1. The van der Waals surface area contributed by atoms with Gasteiger partial charge in [-0.1, -0.05) is 34.6 Å². The quantitative estimate of drug-likeness (QED) is 0.703. The van der Waals surface area contributed by atoms with E-state index in [9.17, 15) is 15.0 Å². The van der Waals surface area contributed by atoms with Gasteiger partial charge >= 0.3 is 0 Å². The number of hydrogen-bond acceptors (Lipinski definition) is 3. The first-order valence-electron chi connectivity index (χ1n) is 11.3. The fourth-order valence-corrected chi connectivity index (χ4v) is 9.20. The van der Waals surface area contributed by atoms with E-state index in [1.54, 1.807) is 6.92 Å². The summed E-state index contributed by atoms with van der Waals surface area (Å²) in [5, 5.41) is 22.0. The van der Waals surface area contributed by atoms with Gasteiger partial charge in [0.15, 0.2) is 0 Å². The average molecular weight is 377 g/mol. The topological polar surface area (TPSA) is 57.5 Å². The molecule has 0 radical (unpaired) electrons. The second kappa shape index (κ2) is 5.81. The lowest BCUT2D eigenvalue weighted by molar-refractivity contribution is -0.241. The highest BCUT2D eigenvalue weighted by atomic mass is 16.3. The van der Waals surface area contributed by atoms with Crippen LogP contribution >= 0.6 is 0 Å². The summed E-state index contributed by atoms with van der Waals surface area (Å²) in [5.41, 5.74) is 0.318. The Labute approximate surface area is 165 Å². The highest BCUT2D eigenvalue weighted by Gasteiger charge is 2.70. The summed E-state index contributed by atoms with van der Waals surface area (Å²) < 4.78 is 0. The molecule has 0 aromatic rings. The Kier molecular flexibility index (Phi) is 4.28. The molecule has 0 aliphatic heterocycles. The number of aliphatic hydroxyl groups excluding tert-OH is 2. The predicted molar refractivity (Wildman–Crippen MR) is 107 cm³/mol. The molecule has 0 bridgehead atoms. The molecular formula is C24H40O3. The summed E-state index contributed by atoms with van der Waals surface area (Å²) in [6.07, 6.45) is 6.53. The average Bonchev–Trinajstić information content (AvgIpc) is 2.94. The van der Waals surface area contributed by atoms with Crippen LogP contribution < -0.4 is 0 Å². The van der Waals surface area contributed by atoms with Crippen LogP contribution in [0.25, 0.3) is 0 Å². The molecule has 0 amide bonds. The summed E-state index contributed by atoms with van der Waals surface area (Å²) in [6, 6.07) is 0. The molecule has 0 saturated heterocycles. The van der Waals surface area contributed by atoms with Crippen molar-refractivity contribution in [2.75, 3.05) is 0 Å². The van der Waals surface area contributed by atoms with Crippen molar-refractivity contribution in [2.24, 2.45) is 45.3 Å². The van der Waals surface area contributed by atoms with Gasteiger partial charge in [0.05, 0.1) is 12.2 Å².